The molecule has 0 aromatic carbocycles. The lowest BCUT2D eigenvalue weighted by Gasteiger charge is -2.54. The van der Waals surface area contributed by atoms with E-state index in [1.54, 1.807) is 0 Å². The van der Waals surface area contributed by atoms with Crippen LogP contribution in [0.15, 0.2) is 24.3 Å². The van der Waals surface area contributed by atoms with Crippen LogP contribution in [-0.2, 0) is 80.6 Å². The van der Waals surface area contributed by atoms with Gasteiger partial charge < -0.3 is 91.1 Å². The molecular formula is C61H86O20. The van der Waals surface area contributed by atoms with Crippen LogP contribution >= 0.6 is 0 Å². The predicted molar refractivity (Wildman–Crippen MR) is 278 cm³/mol. The Hall–Kier alpha value is -1.77. The lowest BCUT2D eigenvalue weighted by atomic mass is 9.78. The monoisotopic (exact) mass is 1140 g/mol. The average molecular weight is 1140 g/mol. The Labute approximate surface area is 474 Å². The molecule has 81 heavy (non-hydrogen) atoms. The Morgan fingerprint density at radius 2 is 1.20 bits per heavy atom. The van der Waals surface area contributed by atoms with Crippen LogP contribution < -0.4 is 0 Å². The summed E-state index contributed by atoms with van der Waals surface area (Å²) in [6, 6.07) is 0. The largest absolute Gasteiger partial charge is 0.459 e. The second-order valence-electron chi connectivity index (χ2n) is 28.3. The highest BCUT2D eigenvalue weighted by molar-refractivity contribution is 5.70. The summed E-state index contributed by atoms with van der Waals surface area (Å²) in [6.07, 6.45) is 0.905. The maximum absolute atomic E-state index is 14.6. The van der Waals surface area contributed by atoms with Gasteiger partial charge in [-0.2, -0.15) is 0 Å². The van der Waals surface area contributed by atoms with Crippen molar-refractivity contribution in [1.82, 2.24) is 0 Å². The third kappa shape index (κ3) is 9.12. The number of aliphatic hydroxyl groups excluding tert-OH is 2. The van der Waals surface area contributed by atoms with Crippen molar-refractivity contribution < 1.29 is 95.9 Å². The van der Waals surface area contributed by atoms with Gasteiger partial charge in [0.25, 0.3) is 0 Å². The molecule has 12 bridgehead atoms. The maximum Gasteiger partial charge on any atom is 0.308 e. The molecule has 20 heteroatoms. The van der Waals surface area contributed by atoms with Gasteiger partial charge in [0.15, 0.2) is 17.4 Å². The first-order valence-corrected chi connectivity index (χ1v) is 31.5. The molecule has 0 aromatic rings. The van der Waals surface area contributed by atoms with Gasteiger partial charge in [-0.05, 0) is 73.8 Å². The SMILES string of the molecule is C=C1C[C@@H]2CC[C@@]34CC5(O)O[C@H]6[C@@H](O3)[C@H]3O[C@H](CC[C@@H]3O[C@H]6C5O4)CC(=O)O[C@@H]3[C@@H](C)[C@@H]4O[C@@H]5C[C@]6(C[C@@H]7O[C@]8(C[C@H](C)[C@@H]9O[C@@H]%10C[C@@H]([C@@H](O)CO)O[C@@H]%10C[C@@H]9O8)C[C@H](C)[C@@H]7O6)O[C@@H]5C[C@@H]4O[C@H]3C[C@H]3O[C@@H](CC[C@@H]1O2)C[C@@H](C)C3=C. The molecule has 17 heterocycles. The average Bonchev–Trinajstić information content (AvgIpc) is 3.41. The van der Waals surface area contributed by atoms with Crippen LogP contribution in [-0.4, -0.2) is 204 Å². The van der Waals surface area contributed by atoms with Crippen LogP contribution in [0.25, 0.3) is 0 Å². The van der Waals surface area contributed by atoms with Gasteiger partial charge in [-0.3, -0.25) is 4.79 Å². The molecule has 17 rings (SSSR count). The van der Waals surface area contributed by atoms with Gasteiger partial charge in [0.1, 0.15) is 42.7 Å². The Balaban J connectivity index is 0.630. The number of carbonyl (C=O) groups excluding carboxylic acids is 1. The molecule has 17 aliphatic heterocycles. The minimum absolute atomic E-state index is 0.0214. The summed E-state index contributed by atoms with van der Waals surface area (Å²) >= 11 is 0. The normalized spacial score (nSPS) is 59.3. The molecule has 0 radical (unpaired) electrons. The fourth-order valence-electron chi connectivity index (χ4n) is 18.9. The summed E-state index contributed by atoms with van der Waals surface area (Å²) in [6.45, 7) is 17.5. The van der Waals surface area contributed by atoms with Gasteiger partial charge in [0, 0.05) is 63.7 Å². The summed E-state index contributed by atoms with van der Waals surface area (Å²) in [7, 11) is 0. The first-order chi connectivity index (χ1) is 38.9. The smallest absolute Gasteiger partial charge is 0.308 e. The van der Waals surface area contributed by atoms with Crippen molar-refractivity contribution in [3.8, 4) is 0 Å². The fraction of sp³-hybridized carbons (Fsp3) is 0.918. The van der Waals surface area contributed by atoms with E-state index in [4.69, 9.17) is 75.8 Å². The number of aliphatic hydroxyl groups is 3. The predicted octanol–water partition coefficient (Wildman–Crippen LogP) is 4.65. The highest BCUT2D eigenvalue weighted by Gasteiger charge is 2.75. The summed E-state index contributed by atoms with van der Waals surface area (Å²) in [5.74, 6) is -4.57. The Morgan fingerprint density at radius 3 is 2.05 bits per heavy atom. The van der Waals surface area contributed by atoms with E-state index >= 15 is 0 Å². The van der Waals surface area contributed by atoms with Crippen molar-refractivity contribution in [1.29, 1.82) is 0 Å². The van der Waals surface area contributed by atoms with Crippen LogP contribution in [0.5, 0.6) is 0 Å². The Morgan fingerprint density at radius 1 is 0.519 bits per heavy atom. The Kier molecular flexibility index (Phi) is 13.4. The highest BCUT2D eigenvalue weighted by atomic mass is 16.8. The quantitative estimate of drug-likeness (QED) is 0.253. The topological polar surface area (TPSA) is 225 Å². The number of esters is 1. The van der Waals surface area contributed by atoms with E-state index in [-0.39, 0.29) is 135 Å². The van der Waals surface area contributed by atoms with Crippen LogP contribution in [0.4, 0.5) is 0 Å². The minimum atomic E-state index is -1.54. The summed E-state index contributed by atoms with van der Waals surface area (Å²) < 4.78 is 110. The molecule has 0 amide bonds. The van der Waals surface area contributed by atoms with E-state index < -0.39 is 90.3 Å². The van der Waals surface area contributed by atoms with E-state index in [0.29, 0.717) is 77.0 Å². The van der Waals surface area contributed by atoms with Crippen molar-refractivity contribution >= 4 is 5.97 Å². The van der Waals surface area contributed by atoms with Crippen LogP contribution in [0.1, 0.15) is 143 Å². The number of hydrogen-bond donors (Lipinski definition) is 3. The highest BCUT2D eigenvalue weighted by Crippen LogP contribution is 2.60. The zero-order valence-electron chi connectivity index (χ0n) is 47.4. The molecule has 33 atom stereocenters. The molecule has 0 saturated carbocycles. The second kappa shape index (κ2) is 19.9. The van der Waals surface area contributed by atoms with Gasteiger partial charge in [-0.1, -0.05) is 40.9 Å². The van der Waals surface area contributed by atoms with E-state index in [9.17, 15) is 20.1 Å². The van der Waals surface area contributed by atoms with E-state index in [1.165, 1.54) is 0 Å². The molecule has 17 saturated heterocycles. The summed E-state index contributed by atoms with van der Waals surface area (Å²) in [5.41, 5.74) is 2.09. The first kappa shape index (κ1) is 54.6. The molecule has 3 N–H and O–H groups in total. The fourth-order valence-corrected chi connectivity index (χ4v) is 18.9. The molecule has 450 valence electrons. The van der Waals surface area contributed by atoms with Crippen molar-refractivity contribution in [3.05, 3.63) is 24.3 Å². The molecule has 0 aliphatic carbocycles. The summed E-state index contributed by atoms with van der Waals surface area (Å²) in [4.78, 5) is 14.6. The molecule has 2 unspecified atom stereocenters. The standard InChI is InChI=1S/C61H86O20/c1-26-13-32-7-9-36-27(2)14-34(66-36)11-12-58-25-61(65)57(81-58)56-55(80-61)54(79-58)53-37(71-56)10-8-33(68-53)15-48(64)74-52-31(6)51-44(70-43(52)16-38(67-32)30(26)5)19-42-46(73-51)22-60(75-42)23-47-50(78-60)29(4)21-59(77-47)20-28(3)49-45(76-59)18-40-41(72-49)17-39(69-40)35(63)24-62/h26,28-29,31-47,49-57,62-63,65H,2,5,7-25H2,1,3-4,6H3/t26-,28+,29+,31+,32+,33-,34+,35+,36+,37+,38-,39+,40-,41-,42-,43+,44+,45+,46-,47+,49+,50+,51+,52-,53+,54+,55+,56-,57?,58-,59-,60+,61?/m1/s1. The zero-order valence-corrected chi connectivity index (χ0v) is 47.4. The Bertz CT molecular complexity index is 2470. The maximum atomic E-state index is 14.6. The second-order valence-corrected chi connectivity index (χ2v) is 28.3. The number of ether oxygens (including phenoxy) is 16. The molecule has 0 aromatic heterocycles. The van der Waals surface area contributed by atoms with Gasteiger partial charge in [0.05, 0.1) is 129 Å². The van der Waals surface area contributed by atoms with Gasteiger partial charge >= 0.3 is 5.97 Å². The van der Waals surface area contributed by atoms with E-state index in [1.807, 2.05) is 0 Å². The number of hydrogen-bond acceptors (Lipinski definition) is 20. The van der Waals surface area contributed by atoms with E-state index in [0.717, 1.165) is 36.8 Å². The molecule has 17 fully saturated rings. The van der Waals surface area contributed by atoms with Crippen molar-refractivity contribution in [2.45, 2.75) is 319 Å². The van der Waals surface area contributed by atoms with E-state index in [2.05, 4.69) is 40.9 Å². The molecule has 20 nitrogen and oxygen atoms in total. The van der Waals surface area contributed by atoms with Crippen molar-refractivity contribution in [3.63, 3.8) is 0 Å². The lowest BCUT2D eigenvalue weighted by Crippen LogP contribution is -2.62. The third-order valence-electron chi connectivity index (χ3n) is 22.7. The van der Waals surface area contributed by atoms with Crippen LogP contribution in [0.2, 0.25) is 0 Å². The minimum Gasteiger partial charge on any atom is -0.459 e. The summed E-state index contributed by atoms with van der Waals surface area (Å²) in [5, 5.41) is 31.9. The van der Waals surface area contributed by atoms with Crippen LogP contribution in [0.3, 0.4) is 0 Å². The molecular weight excluding hydrogens is 1050 g/mol. The molecule has 17 aliphatic rings. The van der Waals surface area contributed by atoms with Gasteiger partial charge in [-0.15, -0.1) is 0 Å². The lowest BCUT2D eigenvalue weighted by molar-refractivity contribution is -0.369. The first-order valence-electron chi connectivity index (χ1n) is 31.5. The van der Waals surface area contributed by atoms with Gasteiger partial charge in [-0.25, -0.2) is 0 Å². The number of rotatable bonds is 2. The zero-order chi connectivity index (χ0) is 55.2. The van der Waals surface area contributed by atoms with Gasteiger partial charge in [0.2, 0.25) is 5.79 Å². The molecule has 3 spiro atoms. The van der Waals surface area contributed by atoms with Crippen molar-refractivity contribution in [2.24, 2.45) is 23.7 Å². The third-order valence-corrected chi connectivity index (χ3v) is 22.7. The number of fused-ring (bicyclic) bond motifs is 11. The van der Waals surface area contributed by atoms with Crippen LogP contribution in [0, 0.1) is 23.7 Å². The van der Waals surface area contributed by atoms with Crippen molar-refractivity contribution in [2.75, 3.05) is 6.61 Å². The number of carbonyl (C=O) groups is 1.